The van der Waals surface area contributed by atoms with Gasteiger partial charge in [0.1, 0.15) is 0 Å². The van der Waals surface area contributed by atoms with Crippen molar-refractivity contribution in [3.05, 3.63) is 52.6 Å². The van der Waals surface area contributed by atoms with Gasteiger partial charge in [-0.3, -0.25) is 4.79 Å². The van der Waals surface area contributed by atoms with Crippen molar-refractivity contribution in [3.63, 3.8) is 0 Å². The van der Waals surface area contributed by atoms with Gasteiger partial charge in [-0.2, -0.15) is 0 Å². The van der Waals surface area contributed by atoms with Crippen LogP contribution >= 0.6 is 12.2 Å². The minimum absolute atomic E-state index is 0.103. The molecular formula is C16H18N2O2S. The van der Waals surface area contributed by atoms with Crippen LogP contribution in [0.25, 0.3) is 0 Å². The normalized spacial score (nSPS) is 17.4. The predicted molar refractivity (Wildman–Crippen MR) is 83.0 cm³/mol. The lowest BCUT2D eigenvalue weighted by Gasteiger charge is -2.25. The SMILES string of the molecule is O=C(O)CCn1ccn(C2CCc3ccccc3C2)c1=S. The summed E-state index contributed by atoms with van der Waals surface area (Å²) in [7, 11) is 0. The summed E-state index contributed by atoms with van der Waals surface area (Å²) in [5.74, 6) is -0.795. The van der Waals surface area contributed by atoms with Gasteiger partial charge >= 0.3 is 5.97 Å². The van der Waals surface area contributed by atoms with Crippen LogP contribution in [0.3, 0.4) is 0 Å². The van der Waals surface area contributed by atoms with Crippen molar-refractivity contribution >= 4 is 18.2 Å². The molecule has 0 saturated heterocycles. The lowest BCUT2D eigenvalue weighted by molar-refractivity contribution is -0.137. The molecule has 1 aliphatic rings. The van der Waals surface area contributed by atoms with Crippen molar-refractivity contribution in [2.45, 2.75) is 38.3 Å². The Morgan fingerprint density at radius 1 is 1.29 bits per heavy atom. The van der Waals surface area contributed by atoms with Crippen molar-refractivity contribution in [1.29, 1.82) is 0 Å². The van der Waals surface area contributed by atoms with Gasteiger partial charge in [0.05, 0.1) is 6.42 Å². The van der Waals surface area contributed by atoms with Gasteiger partial charge in [-0.25, -0.2) is 0 Å². The molecule has 21 heavy (non-hydrogen) atoms. The van der Waals surface area contributed by atoms with E-state index in [2.05, 4.69) is 28.8 Å². The number of benzene rings is 1. The molecule has 1 unspecified atom stereocenters. The van der Waals surface area contributed by atoms with Gasteiger partial charge in [-0.05, 0) is 42.6 Å². The molecule has 0 bridgehead atoms. The highest BCUT2D eigenvalue weighted by atomic mass is 32.1. The third kappa shape index (κ3) is 2.93. The molecule has 110 valence electrons. The summed E-state index contributed by atoms with van der Waals surface area (Å²) < 4.78 is 4.69. The van der Waals surface area contributed by atoms with Crippen LogP contribution in [0.1, 0.15) is 30.0 Å². The molecule has 0 amide bonds. The molecule has 5 heteroatoms. The van der Waals surface area contributed by atoms with Crippen LogP contribution in [0.2, 0.25) is 0 Å². The largest absolute Gasteiger partial charge is 0.481 e. The molecule has 1 aliphatic carbocycles. The molecule has 1 N–H and O–H groups in total. The zero-order valence-corrected chi connectivity index (χ0v) is 12.6. The van der Waals surface area contributed by atoms with E-state index in [4.69, 9.17) is 17.3 Å². The number of nitrogens with zero attached hydrogens (tertiary/aromatic N) is 2. The minimum Gasteiger partial charge on any atom is -0.481 e. The number of aryl methyl sites for hydroxylation is 2. The second-order valence-electron chi connectivity index (χ2n) is 5.49. The first kappa shape index (κ1) is 14.1. The Bertz CT molecular complexity index is 717. The number of fused-ring (bicyclic) bond motifs is 1. The maximum Gasteiger partial charge on any atom is 0.305 e. The Kier molecular flexibility index (Phi) is 3.92. The maximum atomic E-state index is 10.7. The summed E-state index contributed by atoms with van der Waals surface area (Å²) in [5.41, 5.74) is 2.83. The van der Waals surface area contributed by atoms with Gasteiger partial charge in [0.2, 0.25) is 0 Å². The fourth-order valence-electron chi connectivity index (χ4n) is 3.01. The van der Waals surface area contributed by atoms with Crippen molar-refractivity contribution < 1.29 is 9.90 Å². The average molecular weight is 302 g/mol. The molecular weight excluding hydrogens is 284 g/mol. The number of carbonyl (C=O) groups is 1. The number of aliphatic carboxylic acids is 1. The number of carboxylic acid groups (broad SMARTS) is 1. The highest BCUT2D eigenvalue weighted by Gasteiger charge is 2.20. The minimum atomic E-state index is -0.795. The highest BCUT2D eigenvalue weighted by molar-refractivity contribution is 7.71. The maximum absolute atomic E-state index is 10.7. The molecule has 4 nitrogen and oxygen atoms in total. The van der Waals surface area contributed by atoms with E-state index in [1.807, 2.05) is 17.0 Å². The zero-order chi connectivity index (χ0) is 14.8. The lowest BCUT2D eigenvalue weighted by Crippen LogP contribution is -2.18. The first-order chi connectivity index (χ1) is 10.1. The average Bonchev–Trinajstić information content (AvgIpc) is 2.85. The first-order valence-corrected chi connectivity index (χ1v) is 7.62. The van der Waals surface area contributed by atoms with Crippen LogP contribution in [-0.2, 0) is 24.2 Å². The van der Waals surface area contributed by atoms with Crippen molar-refractivity contribution in [2.24, 2.45) is 0 Å². The zero-order valence-electron chi connectivity index (χ0n) is 11.7. The highest BCUT2D eigenvalue weighted by Crippen LogP contribution is 2.29. The summed E-state index contributed by atoms with van der Waals surface area (Å²) >= 11 is 5.49. The van der Waals surface area contributed by atoms with Gasteiger partial charge < -0.3 is 14.2 Å². The van der Waals surface area contributed by atoms with Crippen LogP contribution in [-0.4, -0.2) is 20.2 Å². The molecule has 1 atom stereocenters. The van der Waals surface area contributed by atoms with E-state index in [0.29, 0.717) is 12.6 Å². The third-order valence-electron chi connectivity index (χ3n) is 4.15. The monoisotopic (exact) mass is 302 g/mol. The van der Waals surface area contributed by atoms with Gasteiger partial charge in [-0.1, -0.05) is 24.3 Å². The molecule has 0 radical (unpaired) electrons. The topological polar surface area (TPSA) is 47.2 Å². The van der Waals surface area contributed by atoms with Crippen molar-refractivity contribution in [3.8, 4) is 0 Å². The summed E-state index contributed by atoms with van der Waals surface area (Å²) in [6.07, 6.45) is 7.13. The number of aromatic nitrogens is 2. The lowest BCUT2D eigenvalue weighted by atomic mass is 9.88. The van der Waals surface area contributed by atoms with Crippen LogP contribution in [0.5, 0.6) is 0 Å². The van der Waals surface area contributed by atoms with Crippen LogP contribution in [0, 0.1) is 4.77 Å². The van der Waals surface area contributed by atoms with Gasteiger partial charge in [0.15, 0.2) is 4.77 Å². The summed E-state index contributed by atoms with van der Waals surface area (Å²) in [5, 5.41) is 8.78. The van der Waals surface area contributed by atoms with Crippen LogP contribution in [0.15, 0.2) is 36.7 Å². The van der Waals surface area contributed by atoms with Crippen molar-refractivity contribution in [2.75, 3.05) is 0 Å². The van der Waals surface area contributed by atoms with E-state index in [1.165, 1.54) is 11.1 Å². The Labute approximate surface area is 128 Å². The second kappa shape index (κ2) is 5.85. The Morgan fingerprint density at radius 2 is 2.05 bits per heavy atom. The van der Waals surface area contributed by atoms with E-state index in [0.717, 1.165) is 24.0 Å². The number of imidazole rings is 1. The standard InChI is InChI=1S/C16H18N2O2S/c19-15(20)7-8-17-9-10-18(16(17)21)14-6-5-12-3-1-2-4-13(12)11-14/h1-4,9-10,14H,5-8,11H2,(H,19,20). The Balaban J connectivity index is 1.80. The number of carboxylic acids is 1. The third-order valence-corrected chi connectivity index (χ3v) is 4.60. The van der Waals surface area contributed by atoms with Gasteiger partial charge in [0.25, 0.3) is 0 Å². The van der Waals surface area contributed by atoms with E-state index >= 15 is 0 Å². The fraction of sp³-hybridized carbons (Fsp3) is 0.375. The predicted octanol–water partition coefficient (Wildman–Crippen LogP) is 3.22. The molecule has 1 heterocycles. The van der Waals surface area contributed by atoms with E-state index in [1.54, 1.807) is 0 Å². The molecule has 0 aliphatic heterocycles. The summed E-state index contributed by atoms with van der Waals surface area (Å²) in [6, 6.07) is 8.93. The number of hydrogen-bond donors (Lipinski definition) is 1. The second-order valence-corrected chi connectivity index (χ2v) is 5.86. The summed E-state index contributed by atoms with van der Waals surface area (Å²) in [4.78, 5) is 10.7. The Hall–Kier alpha value is -1.88. The van der Waals surface area contributed by atoms with Crippen LogP contribution < -0.4 is 0 Å². The quantitative estimate of drug-likeness (QED) is 0.882. The number of rotatable bonds is 4. The van der Waals surface area contributed by atoms with Gasteiger partial charge in [0, 0.05) is 25.0 Å². The van der Waals surface area contributed by atoms with E-state index in [9.17, 15) is 4.79 Å². The number of hydrogen-bond acceptors (Lipinski definition) is 2. The Morgan fingerprint density at radius 3 is 2.81 bits per heavy atom. The molecule has 0 spiro atoms. The van der Waals surface area contributed by atoms with Crippen molar-refractivity contribution in [1.82, 2.24) is 9.13 Å². The van der Waals surface area contributed by atoms with Crippen LogP contribution in [0.4, 0.5) is 0 Å². The van der Waals surface area contributed by atoms with E-state index < -0.39 is 5.97 Å². The fourth-order valence-corrected chi connectivity index (χ4v) is 3.37. The molecule has 3 rings (SSSR count). The smallest absolute Gasteiger partial charge is 0.305 e. The van der Waals surface area contributed by atoms with E-state index in [-0.39, 0.29) is 6.42 Å². The molecule has 0 fully saturated rings. The molecule has 1 aromatic heterocycles. The molecule has 1 aromatic carbocycles. The molecule has 2 aromatic rings. The molecule has 0 saturated carbocycles. The first-order valence-electron chi connectivity index (χ1n) is 7.21. The summed E-state index contributed by atoms with van der Waals surface area (Å²) in [6.45, 7) is 0.435. The van der Waals surface area contributed by atoms with Gasteiger partial charge in [-0.15, -0.1) is 0 Å².